The van der Waals surface area contributed by atoms with Crippen molar-refractivity contribution in [3.63, 3.8) is 0 Å². The normalized spacial score (nSPS) is 11.6. The maximum Gasteiger partial charge on any atom is 0.265 e. The topological polar surface area (TPSA) is 47.6 Å². The van der Waals surface area contributed by atoms with Gasteiger partial charge in [0, 0.05) is 10.7 Å². The van der Waals surface area contributed by atoms with E-state index < -0.39 is 6.10 Å². The molecule has 0 saturated heterocycles. The van der Waals surface area contributed by atoms with Crippen molar-refractivity contribution in [2.45, 2.75) is 20.0 Å². The van der Waals surface area contributed by atoms with E-state index in [1.807, 2.05) is 25.1 Å². The van der Waals surface area contributed by atoms with Crippen LogP contribution in [0.15, 0.2) is 42.5 Å². The van der Waals surface area contributed by atoms with Gasteiger partial charge in [-0.05, 0) is 43.7 Å². The average Bonchev–Trinajstić information content (AvgIpc) is 2.51. The van der Waals surface area contributed by atoms with Gasteiger partial charge in [0.1, 0.15) is 0 Å². The molecule has 5 heteroatoms. The Morgan fingerprint density at radius 3 is 2.50 bits per heavy atom. The number of carbonyl (C=O) groups is 1. The number of aryl methyl sites for hydroxylation is 1. The van der Waals surface area contributed by atoms with E-state index in [4.69, 9.17) is 21.1 Å². The van der Waals surface area contributed by atoms with E-state index in [0.29, 0.717) is 22.2 Å². The number of benzene rings is 2. The van der Waals surface area contributed by atoms with Gasteiger partial charge in [-0.2, -0.15) is 0 Å². The Hall–Kier alpha value is -2.20. The minimum atomic E-state index is -0.670. The Morgan fingerprint density at radius 1 is 1.18 bits per heavy atom. The fourth-order valence-corrected chi connectivity index (χ4v) is 2.06. The maximum atomic E-state index is 12.2. The number of hydrogen-bond donors (Lipinski definition) is 1. The van der Waals surface area contributed by atoms with Crippen LogP contribution >= 0.6 is 11.6 Å². The average molecular weight is 320 g/mol. The van der Waals surface area contributed by atoms with Gasteiger partial charge in [-0.15, -0.1) is 0 Å². The summed E-state index contributed by atoms with van der Waals surface area (Å²) in [4.78, 5) is 12.2. The molecule has 116 valence electrons. The van der Waals surface area contributed by atoms with Crippen LogP contribution in [0.5, 0.6) is 11.5 Å². The fourth-order valence-electron chi connectivity index (χ4n) is 1.87. The molecule has 0 fully saturated rings. The monoisotopic (exact) mass is 319 g/mol. The molecule has 0 heterocycles. The number of para-hydroxylation sites is 2. The Bertz CT molecular complexity index is 673. The fraction of sp³-hybridized carbons (Fsp3) is 0.235. The molecule has 0 aliphatic heterocycles. The molecule has 0 aliphatic carbocycles. The SMILES string of the molecule is COc1ccccc1O[C@H](C)C(=O)Nc1ccc(C)c(Cl)c1. The molecule has 1 N–H and O–H groups in total. The molecule has 2 aromatic carbocycles. The van der Waals surface area contributed by atoms with E-state index in [9.17, 15) is 4.79 Å². The van der Waals surface area contributed by atoms with Crippen molar-refractivity contribution in [2.24, 2.45) is 0 Å². The number of nitrogens with one attached hydrogen (secondary N) is 1. The summed E-state index contributed by atoms with van der Waals surface area (Å²) in [6.07, 6.45) is -0.670. The first-order valence-electron chi connectivity index (χ1n) is 6.88. The first-order chi connectivity index (χ1) is 10.5. The lowest BCUT2D eigenvalue weighted by atomic mass is 10.2. The van der Waals surface area contributed by atoms with Crippen molar-refractivity contribution < 1.29 is 14.3 Å². The zero-order valence-electron chi connectivity index (χ0n) is 12.7. The lowest BCUT2D eigenvalue weighted by molar-refractivity contribution is -0.122. The molecule has 2 rings (SSSR count). The molecule has 1 atom stereocenters. The smallest absolute Gasteiger partial charge is 0.265 e. The third kappa shape index (κ3) is 3.92. The quantitative estimate of drug-likeness (QED) is 0.904. The molecule has 0 unspecified atom stereocenters. The van der Waals surface area contributed by atoms with Crippen LogP contribution in [0, 0.1) is 6.92 Å². The summed E-state index contributed by atoms with van der Waals surface area (Å²) in [7, 11) is 1.56. The van der Waals surface area contributed by atoms with Gasteiger partial charge >= 0.3 is 0 Å². The minimum absolute atomic E-state index is 0.258. The van der Waals surface area contributed by atoms with Crippen LogP contribution in [0.4, 0.5) is 5.69 Å². The highest BCUT2D eigenvalue weighted by molar-refractivity contribution is 6.31. The van der Waals surface area contributed by atoms with Gasteiger partial charge in [0.05, 0.1) is 7.11 Å². The summed E-state index contributed by atoms with van der Waals surface area (Å²) in [5.41, 5.74) is 1.59. The van der Waals surface area contributed by atoms with Crippen LogP contribution in [0.3, 0.4) is 0 Å². The number of amides is 1. The highest BCUT2D eigenvalue weighted by Gasteiger charge is 2.17. The van der Waals surface area contributed by atoms with Gasteiger partial charge in [0.2, 0.25) is 0 Å². The van der Waals surface area contributed by atoms with E-state index in [0.717, 1.165) is 5.56 Å². The number of hydrogen-bond acceptors (Lipinski definition) is 3. The first kappa shape index (κ1) is 16.2. The highest BCUT2D eigenvalue weighted by Crippen LogP contribution is 2.27. The minimum Gasteiger partial charge on any atom is -0.493 e. The number of rotatable bonds is 5. The van der Waals surface area contributed by atoms with Crippen molar-refractivity contribution in [3.8, 4) is 11.5 Å². The summed E-state index contributed by atoms with van der Waals surface area (Å²) in [6, 6.07) is 12.6. The Balaban J connectivity index is 2.04. The molecule has 2 aromatic rings. The van der Waals surface area contributed by atoms with Crippen LogP contribution in [0.2, 0.25) is 5.02 Å². The molecular formula is C17H18ClNO3. The lowest BCUT2D eigenvalue weighted by Gasteiger charge is -2.16. The van der Waals surface area contributed by atoms with Crippen LogP contribution < -0.4 is 14.8 Å². The second kappa shape index (κ2) is 7.18. The standard InChI is InChI=1S/C17H18ClNO3/c1-11-8-9-13(10-14(11)18)19-17(20)12(2)22-16-7-5-4-6-15(16)21-3/h4-10,12H,1-3H3,(H,19,20)/t12-/m1/s1. The summed E-state index contributed by atoms with van der Waals surface area (Å²) in [5.74, 6) is 0.848. The second-order valence-corrected chi connectivity index (χ2v) is 5.27. The van der Waals surface area contributed by atoms with Gasteiger partial charge in [-0.25, -0.2) is 0 Å². The predicted molar refractivity (Wildman–Crippen MR) is 87.9 cm³/mol. The number of methoxy groups -OCH3 is 1. The van der Waals surface area contributed by atoms with Crippen molar-refractivity contribution >= 4 is 23.2 Å². The van der Waals surface area contributed by atoms with Crippen molar-refractivity contribution in [2.75, 3.05) is 12.4 Å². The van der Waals surface area contributed by atoms with Gasteiger partial charge < -0.3 is 14.8 Å². The Labute approximate surface area is 135 Å². The van der Waals surface area contributed by atoms with Crippen molar-refractivity contribution in [3.05, 3.63) is 53.1 Å². The number of ether oxygens (including phenoxy) is 2. The molecule has 0 bridgehead atoms. The third-order valence-corrected chi connectivity index (χ3v) is 3.59. The van der Waals surface area contributed by atoms with E-state index >= 15 is 0 Å². The van der Waals surface area contributed by atoms with Crippen molar-refractivity contribution in [1.29, 1.82) is 0 Å². The van der Waals surface area contributed by atoms with Gasteiger partial charge in [0.25, 0.3) is 5.91 Å². The highest BCUT2D eigenvalue weighted by atomic mass is 35.5. The van der Waals surface area contributed by atoms with Crippen LogP contribution in [-0.4, -0.2) is 19.1 Å². The zero-order chi connectivity index (χ0) is 16.1. The molecule has 4 nitrogen and oxygen atoms in total. The summed E-state index contributed by atoms with van der Waals surface area (Å²) in [6.45, 7) is 3.58. The zero-order valence-corrected chi connectivity index (χ0v) is 13.5. The number of halogens is 1. The molecule has 0 aliphatic rings. The van der Waals surface area contributed by atoms with Gasteiger partial charge in [-0.3, -0.25) is 4.79 Å². The predicted octanol–water partition coefficient (Wildman–Crippen LogP) is 4.06. The van der Waals surface area contributed by atoms with Gasteiger partial charge in [-0.1, -0.05) is 29.8 Å². The van der Waals surface area contributed by atoms with Crippen LogP contribution in [-0.2, 0) is 4.79 Å². The third-order valence-electron chi connectivity index (χ3n) is 3.18. The molecule has 0 spiro atoms. The summed E-state index contributed by atoms with van der Waals surface area (Å²) in [5, 5.41) is 3.39. The van der Waals surface area contributed by atoms with E-state index in [1.54, 1.807) is 38.3 Å². The Morgan fingerprint density at radius 2 is 1.86 bits per heavy atom. The maximum absolute atomic E-state index is 12.2. The summed E-state index contributed by atoms with van der Waals surface area (Å²) < 4.78 is 10.9. The molecule has 0 saturated carbocycles. The van der Waals surface area contributed by atoms with E-state index in [-0.39, 0.29) is 5.91 Å². The summed E-state index contributed by atoms with van der Waals surface area (Å²) >= 11 is 6.05. The Kier molecular flexibility index (Phi) is 5.28. The lowest BCUT2D eigenvalue weighted by Crippen LogP contribution is -2.30. The van der Waals surface area contributed by atoms with Crippen LogP contribution in [0.1, 0.15) is 12.5 Å². The molecular weight excluding hydrogens is 302 g/mol. The molecule has 1 amide bonds. The molecule has 22 heavy (non-hydrogen) atoms. The molecule has 0 aromatic heterocycles. The largest absolute Gasteiger partial charge is 0.493 e. The molecule has 0 radical (unpaired) electrons. The van der Waals surface area contributed by atoms with Crippen LogP contribution in [0.25, 0.3) is 0 Å². The number of anilines is 1. The second-order valence-electron chi connectivity index (χ2n) is 4.86. The van der Waals surface area contributed by atoms with Gasteiger partial charge in [0.15, 0.2) is 17.6 Å². The number of carbonyl (C=O) groups excluding carboxylic acids is 1. The van der Waals surface area contributed by atoms with E-state index in [1.165, 1.54) is 0 Å². The van der Waals surface area contributed by atoms with E-state index in [2.05, 4.69) is 5.32 Å². The first-order valence-corrected chi connectivity index (χ1v) is 7.25. The van der Waals surface area contributed by atoms with Crippen molar-refractivity contribution in [1.82, 2.24) is 0 Å².